The molecule has 0 spiro atoms. The first kappa shape index (κ1) is 11.9. The molecule has 0 saturated carbocycles. The number of carbonyl (C=O) groups excluding carboxylic acids is 1. The third-order valence-corrected chi connectivity index (χ3v) is 1.87. The van der Waals surface area contributed by atoms with Crippen molar-refractivity contribution in [3.05, 3.63) is 36.2 Å². The van der Waals surface area contributed by atoms with E-state index in [1.807, 2.05) is 0 Å². The molecule has 1 amide bonds. The van der Waals surface area contributed by atoms with Gasteiger partial charge in [-0.05, 0) is 19.1 Å². The Labute approximate surface area is 102 Å². The molecule has 0 atom stereocenters. The van der Waals surface area contributed by atoms with E-state index in [1.165, 1.54) is 18.7 Å². The summed E-state index contributed by atoms with van der Waals surface area (Å²) in [5, 5.41) is 3.69. The number of amides is 1. The summed E-state index contributed by atoms with van der Waals surface area (Å²) in [6, 6.07) is 3.42. The topological polar surface area (TPSA) is 89.9 Å². The minimum absolute atomic E-state index is 0.116. The molecule has 0 saturated heterocycles. The van der Waals surface area contributed by atoms with Crippen LogP contribution in [0.25, 0.3) is 0 Å². The number of nitrogens with one attached hydrogen (secondary N) is 1. The summed E-state index contributed by atoms with van der Waals surface area (Å²) in [5.74, 6) is 0.0363. The average molecular weight is 249 g/mol. The number of aromatic nitrogens is 1. The molecule has 94 valence electrons. The van der Waals surface area contributed by atoms with Crippen molar-refractivity contribution < 1.29 is 18.4 Å². The first-order valence-electron chi connectivity index (χ1n) is 5.25. The average Bonchev–Trinajstić information content (AvgIpc) is 3.00. The van der Waals surface area contributed by atoms with Gasteiger partial charge in [0.05, 0.1) is 19.1 Å². The zero-order chi connectivity index (χ0) is 12.8. The highest BCUT2D eigenvalue weighted by Gasteiger charge is 2.12. The van der Waals surface area contributed by atoms with Crippen LogP contribution in [0.4, 0.5) is 0 Å². The van der Waals surface area contributed by atoms with Gasteiger partial charge in [0.1, 0.15) is 12.0 Å². The largest absolute Gasteiger partial charge is 0.464 e. The highest BCUT2D eigenvalue weighted by Crippen LogP contribution is 2.11. The monoisotopic (exact) mass is 249 g/mol. The van der Waals surface area contributed by atoms with E-state index in [0.717, 1.165) is 0 Å². The molecule has 7 nitrogen and oxygen atoms in total. The number of furan rings is 1. The predicted octanol–water partition coefficient (Wildman–Crippen LogP) is 1.43. The molecule has 2 aromatic heterocycles. The Morgan fingerprint density at radius 3 is 3.28 bits per heavy atom. The van der Waals surface area contributed by atoms with E-state index in [4.69, 9.17) is 13.6 Å². The molecule has 0 unspecified atom stereocenters. The van der Waals surface area contributed by atoms with Gasteiger partial charge >= 0.3 is 11.9 Å². The molecule has 2 aromatic rings. The molecule has 0 radical (unpaired) electrons. The second kappa shape index (κ2) is 5.67. The number of hydrogen-bond donors (Lipinski definition) is 1. The standard InChI is InChI=1S/C11H11N3O4/c1-2-16-9-7-12-11(18-9)10(15)14-13-6-8-4-3-5-17-8/h3-7H,2H2,1H3,(H,14,15). The van der Waals surface area contributed by atoms with Crippen LogP contribution in [0.1, 0.15) is 23.4 Å². The molecular weight excluding hydrogens is 238 g/mol. The summed E-state index contributed by atoms with van der Waals surface area (Å²) >= 11 is 0. The van der Waals surface area contributed by atoms with Crippen LogP contribution in [0.2, 0.25) is 0 Å². The Balaban J connectivity index is 1.91. The summed E-state index contributed by atoms with van der Waals surface area (Å²) in [4.78, 5) is 15.3. The summed E-state index contributed by atoms with van der Waals surface area (Å²) in [7, 11) is 0. The molecule has 2 heterocycles. The molecule has 0 aliphatic heterocycles. The molecule has 0 aliphatic carbocycles. The third kappa shape index (κ3) is 2.97. The fourth-order valence-corrected chi connectivity index (χ4v) is 1.14. The van der Waals surface area contributed by atoms with Crippen molar-refractivity contribution in [1.29, 1.82) is 0 Å². The fourth-order valence-electron chi connectivity index (χ4n) is 1.14. The van der Waals surface area contributed by atoms with Gasteiger partial charge in [0, 0.05) is 0 Å². The van der Waals surface area contributed by atoms with Gasteiger partial charge in [-0.1, -0.05) is 0 Å². The lowest BCUT2D eigenvalue weighted by molar-refractivity contribution is 0.0912. The van der Waals surface area contributed by atoms with Crippen LogP contribution in [-0.2, 0) is 0 Å². The SMILES string of the molecule is CCOc1cnc(C(=O)NN=Cc2ccco2)o1. The van der Waals surface area contributed by atoms with Crippen LogP contribution < -0.4 is 10.2 Å². The van der Waals surface area contributed by atoms with Gasteiger partial charge in [-0.2, -0.15) is 5.10 Å². The van der Waals surface area contributed by atoms with E-state index < -0.39 is 5.91 Å². The van der Waals surface area contributed by atoms with E-state index in [0.29, 0.717) is 12.4 Å². The molecule has 18 heavy (non-hydrogen) atoms. The zero-order valence-electron chi connectivity index (χ0n) is 9.62. The van der Waals surface area contributed by atoms with Crippen LogP contribution in [0.15, 0.2) is 38.5 Å². The molecule has 0 aromatic carbocycles. The van der Waals surface area contributed by atoms with Crippen molar-refractivity contribution in [2.45, 2.75) is 6.92 Å². The molecule has 0 bridgehead atoms. The molecule has 0 aliphatic rings. The minimum atomic E-state index is -0.566. The number of hydrogen-bond acceptors (Lipinski definition) is 6. The molecule has 7 heteroatoms. The van der Waals surface area contributed by atoms with Gasteiger partial charge in [-0.3, -0.25) is 4.79 Å². The molecule has 0 fully saturated rings. The lowest BCUT2D eigenvalue weighted by Crippen LogP contribution is -2.17. The lowest BCUT2D eigenvalue weighted by atomic mass is 10.5. The number of hydrazone groups is 1. The van der Waals surface area contributed by atoms with Crippen molar-refractivity contribution in [3.63, 3.8) is 0 Å². The molecular formula is C11H11N3O4. The zero-order valence-corrected chi connectivity index (χ0v) is 9.62. The van der Waals surface area contributed by atoms with E-state index in [9.17, 15) is 4.79 Å². The van der Waals surface area contributed by atoms with Crippen LogP contribution in [0.5, 0.6) is 5.95 Å². The van der Waals surface area contributed by atoms with E-state index in [1.54, 1.807) is 19.1 Å². The van der Waals surface area contributed by atoms with E-state index in [-0.39, 0.29) is 11.8 Å². The molecule has 1 N–H and O–H groups in total. The predicted molar refractivity (Wildman–Crippen MR) is 61.4 cm³/mol. The summed E-state index contributed by atoms with van der Waals surface area (Å²) < 4.78 is 15.1. The van der Waals surface area contributed by atoms with Crippen molar-refractivity contribution >= 4 is 12.1 Å². The molecule has 2 rings (SSSR count). The number of carbonyl (C=O) groups is 1. The highest BCUT2D eigenvalue weighted by atomic mass is 16.6. The fraction of sp³-hybridized carbons (Fsp3) is 0.182. The first-order chi connectivity index (χ1) is 8.79. The van der Waals surface area contributed by atoms with Gasteiger partial charge in [0.15, 0.2) is 0 Å². The van der Waals surface area contributed by atoms with Crippen LogP contribution in [0.3, 0.4) is 0 Å². The quantitative estimate of drug-likeness (QED) is 0.639. The van der Waals surface area contributed by atoms with Gasteiger partial charge < -0.3 is 13.6 Å². The second-order valence-electron chi connectivity index (χ2n) is 3.13. The Bertz CT molecular complexity index is 530. The normalized spacial score (nSPS) is 10.7. The number of oxazole rings is 1. The Morgan fingerprint density at radius 2 is 2.56 bits per heavy atom. The van der Waals surface area contributed by atoms with Crippen LogP contribution in [0, 0.1) is 0 Å². The maximum Gasteiger partial charge on any atom is 0.327 e. The minimum Gasteiger partial charge on any atom is -0.464 e. The van der Waals surface area contributed by atoms with E-state index >= 15 is 0 Å². The van der Waals surface area contributed by atoms with Gasteiger partial charge in [-0.15, -0.1) is 0 Å². The van der Waals surface area contributed by atoms with Gasteiger partial charge in [0.25, 0.3) is 5.89 Å². The smallest absolute Gasteiger partial charge is 0.327 e. The third-order valence-electron chi connectivity index (χ3n) is 1.87. The number of ether oxygens (including phenoxy) is 1. The summed E-state index contributed by atoms with van der Waals surface area (Å²) in [6.45, 7) is 2.24. The maximum absolute atomic E-state index is 11.5. The number of rotatable bonds is 5. The van der Waals surface area contributed by atoms with Crippen molar-refractivity contribution in [2.75, 3.05) is 6.61 Å². The van der Waals surface area contributed by atoms with Gasteiger partial charge in [0.2, 0.25) is 0 Å². The number of nitrogens with zero attached hydrogens (tertiary/aromatic N) is 2. The first-order valence-corrected chi connectivity index (χ1v) is 5.25. The lowest BCUT2D eigenvalue weighted by Gasteiger charge is -1.95. The highest BCUT2D eigenvalue weighted by molar-refractivity contribution is 5.90. The summed E-state index contributed by atoms with van der Waals surface area (Å²) in [5.41, 5.74) is 2.25. The second-order valence-corrected chi connectivity index (χ2v) is 3.13. The Hall–Kier alpha value is -2.57. The van der Waals surface area contributed by atoms with Crippen LogP contribution in [-0.4, -0.2) is 23.7 Å². The Morgan fingerprint density at radius 1 is 1.67 bits per heavy atom. The Kier molecular flexibility index (Phi) is 3.75. The van der Waals surface area contributed by atoms with Crippen molar-refractivity contribution in [1.82, 2.24) is 10.4 Å². The summed E-state index contributed by atoms with van der Waals surface area (Å²) in [6.07, 6.45) is 4.20. The van der Waals surface area contributed by atoms with E-state index in [2.05, 4.69) is 15.5 Å². The maximum atomic E-state index is 11.5. The van der Waals surface area contributed by atoms with Crippen LogP contribution >= 0.6 is 0 Å². The van der Waals surface area contributed by atoms with Crippen molar-refractivity contribution in [3.8, 4) is 5.95 Å². The van der Waals surface area contributed by atoms with Crippen molar-refractivity contribution in [2.24, 2.45) is 5.10 Å². The van der Waals surface area contributed by atoms with Gasteiger partial charge in [-0.25, -0.2) is 10.4 Å².